The van der Waals surface area contributed by atoms with Crippen LogP contribution in [-0.2, 0) is 20.8 Å². The lowest BCUT2D eigenvalue weighted by molar-refractivity contribution is -0.141. The number of hydrogen-bond acceptors (Lipinski definition) is 3. The van der Waals surface area contributed by atoms with Gasteiger partial charge in [-0.3, -0.25) is 14.2 Å². The van der Waals surface area contributed by atoms with Gasteiger partial charge in [-0.2, -0.15) is 0 Å². The van der Waals surface area contributed by atoms with Crippen molar-refractivity contribution in [2.24, 2.45) is 0 Å². The Labute approximate surface area is 159 Å². The maximum atomic E-state index is 13.6. The van der Waals surface area contributed by atoms with Crippen molar-refractivity contribution in [3.8, 4) is 0 Å². The Hall–Kier alpha value is -3.74. The van der Waals surface area contributed by atoms with Crippen LogP contribution < -0.4 is 5.32 Å². The highest BCUT2D eigenvalue weighted by molar-refractivity contribution is 5.95. The van der Waals surface area contributed by atoms with Gasteiger partial charge in [-0.15, -0.1) is 0 Å². The molecule has 1 aromatic heterocycles. The van der Waals surface area contributed by atoms with Gasteiger partial charge < -0.3 is 10.4 Å². The van der Waals surface area contributed by atoms with Crippen LogP contribution in [-0.4, -0.2) is 34.0 Å². The summed E-state index contributed by atoms with van der Waals surface area (Å²) < 4.78 is 15.0. The number of benzene rings is 2. The number of fused-ring (bicyclic) bond motifs is 1. The lowest BCUT2D eigenvalue weighted by Gasteiger charge is -2.12. The minimum atomic E-state index is -1.21. The number of carboxylic acid groups (broad SMARTS) is 1. The second-order valence-electron chi connectivity index (χ2n) is 6.14. The fourth-order valence-electron chi connectivity index (χ4n) is 2.94. The molecule has 142 valence electrons. The van der Waals surface area contributed by atoms with Crippen LogP contribution in [0.15, 0.2) is 60.8 Å². The smallest absolute Gasteiger partial charge is 0.326 e. The molecule has 0 unspecified atom stereocenters. The van der Waals surface area contributed by atoms with E-state index in [1.165, 1.54) is 28.8 Å². The normalized spacial score (nSPS) is 12.2. The monoisotopic (exact) mass is 380 g/mol. The minimum Gasteiger partial charge on any atom is -0.480 e. The third kappa shape index (κ3) is 4.15. The molecule has 0 radical (unpaired) electrons. The molecule has 0 aliphatic heterocycles. The molecule has 0 saturated heterocycles. The molecule has 3 aromatic rings. The van der Waals surface area contributed by atoms with Crippen molar-refractivity contribution < 1.29 is 23.9 Å². The van der Waals surface area contributed by atoms with Gasteiger partial charge in [-0.05, 0) is 23.8 Å². The number of aliphatic carboxylic acids is 1. The number of carboxylic acids is 1. The molecule has 0 aliphatic carbocycles. The van der Waals surface area contributed by atoms with Gasteiger partial charge >= 0.3 is 5.97 Å². The van der Waals surface area contributed by atoms with Crippen LogP contribution in [0.5, 0.6) is 0 Å². The molecule has 0 fully saturated rings. The third-order valence-electron chi connectivity index (χ3n) is 4.29. The second kappa shape index (κ2) is 8.30. The Kier molecular flexibility index (Phi) is 5.64. The number of hydrogen-bond donors (Lipinski definition) is 2. The summed E-state index contributed by atoms with van der Waals surface area (Å²) in [5.41, 5.74) is 1.49. The van der Waals surface area contributed by atoms with E-state index in [0.29, 0.717) is 17.5 Å². The topological polar surface area (TPSA) is 88.4 Å². The first-order chi connectivity index (χ1) is 13.5. The molecule has 0 spiro atoms. The van der Waals surface area contributed by atoms with Crippen molar-refractivity contribution in [3.63, 3.8) is 0 Å². The van der Waals surface area contributed by atoms with E-state index in [9.17, 15) is 23.9 Å². The molecule has 0 saturated carbocycles. The Balaban J connectivity index is 1.78. The lowest BCUT2D eigenvalue weighted by atomic mass is 10.0. The summed E-state index contributed by atoms with van der Waals surface area (Å²) in [6, 6.07) is 11.8. The summed E-state index contributed by atoms with van der Waals surface area (Å²) >= 11 is 0. The Bertz CT molecular complexity index is 1070. The first kappa shape index (κ1) is 19.0. The Morgan fingerprint density at radius 1 is 1.14 bits per heavy atom. The second-order valence-corrected chi connectivity index (χ2v) is 6.14. The molecule has 0 bridgehead atoms. The average Bonchev–Trinajstić information content (AvgIpc) is 3.04. The van der Waals surface area contributed by atoms with Crippen LogP contribution in [0.3, 0.4) is 0 Å². The lowest BCUT2D eigenvalue weighted by Crippen LogP contribution is -2.41. The van der Waals surface area contributed by atoms with Crippen molar-refractivity contribution in [2.75, 3.05) is 0 Å². The summed E-state index contributed by atoms with van der Waals surface area (Å²) in [7, 11) is 0. The van der Waals surface area contributed by atoms with Crippen molar-refractivity contribution in [1.29, 1.82) is 0 Å². The molecule has 2 aromatic carbocycles. The highest BCUT2D eigenvalue weighted by atomic mass is 19.1. The van der Waals surface area contributed by atoms with E-state index < -0.39 is 23.7 Å². The van der Waals surface area contributed by atoms with Crippen molar-refractivity contribution in [1.82, 2.24) is 9.88 Å². The molecule has 1 amide bonds. The molecule has 1 atom stereocenters. The van der Waals surface area contributed by atoms with Gasteiger partial charge in [0.15, 0.2) is 0 Å². The highest BCUT2D eigenvalue weighted by Gasteiger charge is 2.21. The fraction of sp³-hybridized carbons (Fsp3) is 0.0952. The van der Waals surface area contributed by atoms with Gasteiger partial charge in [0.1, 0.15) is 11.9 Å². The van der Waals surface area contributed by atoms with Gasteiger partial charge in [-0.25, -0.2) is 9.18 Å². The maximum Gasteiger partial charge on any atom is 0.326 e. The van der Waals surface area contributed by atoms with Crippen molar-refractivity contribution in [3.05, 3.63) is 77.7 Å². The first-order valence-corrected chi connectivity index (χ1v) is 8.49. The van der Waals surface area contributed by atoms with E-state index in [4.69, 9.17) is 0 Å². The number of aromatic nitrogens is 1. The SMILES string of the molecule is O=Cn1cc(C[C@H](NC(=O)C=Cc2ccccc2F)C(=O)O)c2ccccc21. The van der Waals surface area contributed by atoms with Crippen LogP contribution in [0.4, 0.5) is 4.39 Å². The quantitative estimate of drug-likeness (QED) is 0.487. The van der Waals surface area contributed by atoms with Crippen LogP contribution in [0, 0.1) is 5.82 Å². The van der Waals surface area contributed by atoms with Crippen molar-refractivity contribution >= 4 is 35.3 Å². The number of amides is 1. The predicted octanol–water partition coefficient (Wildman–Crippen LogP) is 2.64. The fourth-order valence-corrected chi connectivity index (χ4v) is 2.94. The molecule has 2 N–H and O–H groups in total. The van der Waals surface area contributed by atoms with Gasteiger partial charge in [0.2, 0.25) is 12.3 Å². The summed E-state index contributed by atoms with van der Waals surface area (Å²) in [5.74, 6) is -2.35. The van der Waals surface area contributed by atoms with Crippen LogP contribution in [0.1, 0.15) is 11.1 Å². The molecule has 0 aliphatic rings. The molecule has 6 nitrogen and oxygen atoms in total. The summed E-state index contributed by atoms with van der Waals surface area (Å²) in [5, 5.41) is 12.6. The first-order valence-electron chi connectivity index (χ1n) is 8.49. The number of rotatable bonds is 7. The molecular weight excluding hydrogens is 363 g/mol. The molecule has 1 heterocycles. The zero-order valence-electron chi connectivity index (χ0n) is 14.7. The number of halogens is 1. The average molecular weight is 380 g/mol. The van der Waals surface area contributed by atoms with E-state index in [2.05, 4.69) is 5.32 Å². The number of carbonyl (C=O) groups excluding carboxylic acids is 2. The molecule has 7 heteroatoms. The van der Waals surface area contributed by atoms with E-state index in [-0.39, 0.29) is 12.0 Å². The largest absolute Gasteiger partial charge is 0.480 e. The van der Waals surface area contributed by atoms with E-state index in [1.54, 1.807) is 36.5 Å². The number of carbonyl (C=O) groups is 3. The zero-order chi connectivity index (χ0) is 20.1. The molecule has 28 heavy (non-hydrogen) atoms. The van der Waals surface area contributed by atoms with Gasteiger partial charge in [-0.1, -0.05) is 36.4 Å². The van der Waals surface area contributed by atoms with E-state index >= 15 is 0 Å². The maximum absolute atomic E-state index is 13.6. The Morgan fingerprint density at radius 2 is 1.86 bits per heavy atom. The number of nitrogens with zero attached hydrogens (tertiary/aromatic N) is 1. The Morgan fingerprint density at radius 3 is 2.57 bits per heavy atom. The summed E-state index contributed by atoms with van der Waals surface area (Å²) in [6.45, 7) is 0. The van der Waals surface area contributed by atoms with Gasteiger partial charge in [0.05, 0.1) is 5.52 Å². The number of nitrogens with one attached hydrogen (secondary N) is 1. The van der Waals surface area contributed by atoms with Crippen LogP contribution >= 0.6 is 0 Å². The van der Waals surface area contributed by atoms with E-state index in [1.807, 2.05) is 0 Å². The molecule has 3 rings (SSSR count). The third-order valence-corrected chi connectivity index (χ3v) is 4.29. The van der Waals surface area contributed by atoms with Gasteiger partial charge in [0, 0.05) is 29.6 Å². The van der Waals surface area contributed by atoms with Crippen LogP contribution in [0.2, 0.25) is 0 Å². The minimum absolute atomic E-state index is 0.00400. The van der Waals surface area contributed by atoms with Gasteiger partial charge in [0.25, 0.3) is 0 Å². The highest BCUT2D eigenvalue weighted by Crippen LogP contribution is 2.21. The molecular formula is C21H17FN2O4. The predicted molar refractivity (Wildman–Crippen MR) is 103 cm³/mol. The van der Waals surface area contributed by atoms with E-state index in [0.717, 1.165) is 11.5 Å². The number of para-hydroxylation sites is 1. The summed E-state index contributed by atoms with van der Waals surface area (Å²) in [6.07, 6.45) is 4.55. The van der Waals surface area contributed by atoms with Crippen LogP contribution in [0.25, 0.3) is 17.0 Å². The zero-order valence-corrected chi connectivity index (χ0v) is 14.7. The van der Waals surface area contributed by atoms with Crippen molar-refractivity contribution in [2.45, 2.75) is 12.5 Å². The summed E-state index contributed by atoms with van der Waals surface area (Å²) in [4.78, 5) is 34.9. The standard InChI is InChI=1S/C21H17FN2O4/c22-17-7-3-1-5-14(17)9-10-20(26)23-18(21(27)28)11-15-12-24(13-25)19-8-4-2-6-16(15)19/h1-10,12-13,18H,11H2,(H,23,26)(H,27,28)/t18-/m0/s1.